The average molecular weight is 491 g/mol. The molecular formula is C24H23ClN8O2. The maximum Gasteiger partial charge on any atom is 0.255 e. The fourth-order valence-corrected chi connectivity index (χ4v) is 3.84. The van der Waals surface area contributed by atoms with Gasteiger partial charge in [-0.3, -0.25) is 4.79 Å². The minimum absolute atomic E-state index is 0.0699. The third-order valence-electron chi connectivity index (χ3n) is 5.34. The summed E-state index contributed by atoms with van der Waals surface area (Å²) >= 11 is 6.41. The Morgan fingerprint density at radius 1 is 1.23 bits per heavy atom. The van der Waals surface area contributed by atoms with Gasteiger partial charge in [0.2, 0.25) is 0 Å². The number of aliphatic hydroxyl groups is 1. The van der Waals surface area contributed by atoms with E-state index >= 15 is 0 Å². The quantitative estimate of drug-likeness (QED) is 0.419. The smallest absolute Gasteiger partial charge is 0.255 e. The van der Waals surface area contributed by atoms with Gasteiger partial charge in [0.05, 0.1) is 36.5 Å². The predicted octanol–water partition coefficient (Wildman–Crippen LogP) is 2.80. The summed E-state index contributed by atoms with van der Waals surface area (Å²) in [6, 6.07) is 10.8. The Hall–Kier alpha value is -4.07. The molecule has 0 radical (unpaired) electrons. The van der Waals surface area contributed by atoms with Crippen LogP contribution in [0, 0.1) is 18.3 Å². The number of nitriles is 1. The number of aromatic nitrogens is 6. The number of pyridine rings is 1. The molecule has 0 atom stereocenters. The zero-order valence-electron chi connectivity index (χ0n) is 19.4. The molecular weight excluding hydrogens is 468 g/mol. The van der Waals surface area contributed by atoms with Crippen molar-refractivity contribution >= 4 is 17.4 Å². The van der Waals surface area contributed by atoms with Crippen LogP contribution >= 0.6 is 11.6 Å². The van der Waals surface area contributed by atoms with Gasteiger partial charge in [-0.15, -0.1) is 5.10 Å². The van der Waals surface area contributed by atoms with Crippen LogP contribution in [-0.2, 0) is 13.1 Å². The molecule has 3 heterocycles. The fourth-order valence-electron chi connectivity index (χ4n) is 3.66. The fraction of sp³-hybridized carbons (Fsp3) is 0.250. The highest BCUT2D eigenvalue weighted by Gasteiger charge is 2.19. The molecule has 10 nitrogen and oxygen atoms in total. The van der Waals surface area contributed by atoms with Crippen molar-refractivity contribution in [2.24, 2.45) is 0 Å². The first kappa shape index (κ1) is 24.1. The molecule has 0 fully saturated rings. The molecule has 0 saturated heterocycles. The molecule has 35 heavy (non-hydrogen) atoms. The van der Waals surface area contributed by atoms with E-state index in [2.05, 4.69) is 26.3 Å². The summed E-state index contributed by atoms with van der Waals surface area (Å²) in [5, 5.41) is 27.8. The van der Waals surface area contributed by atoms with E-state index in [0.717, 1.165) is 5.56 Å². The zero-order chi connectivity index (χ0) is 25.3. The molecule has 0 saturated carbocycles. The number of anilines is 1. The van der Waals surface area contributed by atoms with Crippen molar-refractivity contribution in [2.45, 2.75) is 39.5 Å². The highest BCUT2D eigenvalue weighted by molar-refractivity contribution is 6.35. The van der Waals surface area contributed by atoms with E-state index in [4.69, 9.17) is 17.3 Å². The van der Waals surface area contributed by atoms with E-state index in [1.165, 1.54) is 9.25 Å². The number of nitrogens with zero attached hydrogens (tertiary/aromatic N) is 7. The zero-order valence-corrected chi connectivity index (χ0v) is 20.2. The lowest BCUT2D eigenvalue weighted by molar-refractivity contribution is 0.0603. The maximum atomic E-state index is 12.8. The lowest BCUT2D eigenvalue weighted by Crippen LogP contribution is -2.34. The van der Waals surface area contributed by atoms with Crippen LogP contribution in [0.5, 0.6) is 0 Å². The van der Waals surface area contributed by atoms with Gasteiger partial charge in [-0.2, -0.15) is 5.26 Å². The number of halogens is 1. The van der Waals surface area contributed by atoms with Crippen LogP contribution in [0.3, 0.4) is 0 Å². The summed E-state index contributed by atoms with van der Waals surface area (Å²) in [7, 11) is 0. The predicted molar refractivity (Wildman–Crippen MR) is 131 cm³/mol. The van der Waals surface area contributed by atoms with Gasteiger partial charge < -0.3 is 15.4 Å². The second kappa shape index (κ2) is 9.29. The number of rotatable bonds is 6. The lowest BCUT2D eigenvalue weighted by Gasteiger charge is -2.19. The number of hydrogen-bond acceptors (Lipinski definition) is 8. The first-order valence-electron chi connectivity index (χ1n) is 10.7. The van der Waals surface area contributed by atoms with Crippen LogP contribution in [0.1, 0.15) is 30.5 Å². The number of hydrogen-bond donors (Lipinski definition) is 2. The van der Waals surface area contributed by atoms with Crippen LogP contribution in [0.15, 0.2) is 47.5 Å². The molecule has 0 bridgehead atoms. The molecule has 3 N–H and O–H groups in total. The van der Waals surface area contributed by atoms with Crippen molar-refractivity contribution in [1.29, 1.82) is 5.26 Å². The molecule has 0 spiro atoms. The van der Waals surface area contributed by atoms with Crippen molar-refractivity contribution in [2.75, 3.05) is 5.73 Å². The van der Waals surface area contributed by atoms with Gasteiger partial charge in [0, 0.05) is 17.3 Å². The van der Waals surface area contributed by atoms with Crippen molar-refractivity contribution in [1.82, 2.24) is 29.5 Å². The molecule has 178 valence electrons. The molecule has 1 aromatic carbocycles. The SMILES string of the molecule is Cc1c(C#N)cccc1-c1nc(N)c(Cl)c(-c2cn(Cc3cccn(CC(C)(C)O)c3=O)nn2)n1. The van der Waals surface area contributed by atoms with E-state index in [9.17, 15) is 15.2 Å². The molecule has 0 aliphatic rings. The lowest BCUT2D eigenvalue weighted by atomic mass is 10.0. The molecule has 0 unspecified atom stereocenters. The van der Waals surface area contributed by atoms with E-state index in [-0.39, 0.29) is 35.2 Å². The summed E-state index contributed by atoms with van der Waals surface area (Å²) in [6.45, 7) is 5.40. The third-order valence-corrected chi connectivity index (χ3v) is 5.71. The van der Waals surface area contributed by atoms with Crippen LogP contribution in [0.4, 0.5) is 5.82 Å². The molecule has 11 heteroatoms. The van der Waals surface area contributed by atoms with Crippen LogP contribution in [0.2, 0.25) is 5.02 Å². The van der Waals surface area contributed by atoms with Crippen molar-refractivity contribution in [3.63, 3.8) is 0 Å². The van der Waals surface area contributed by atoms with E-state index in [1.54, 1.807) is 56.6 Å². The van der Waals surface area contributed by atoms with Gasteiger partial charge >= 0.3 is 0 Å². The number of benzene rings is 1. The summed E-state index contributed by atoms with van der Waals surface area (Å²) in [6.07, 6.45) is 3.24. The first-order valence-corrected chi connectivity index (χ1v) is 11.1. The Balaban J connectivity index is 1.69. The normalized spacial score (nSPS) is 11.4. The largest absolute Gasteiger partial charge is 0.389 e. The molecule has 4 aromatic rings. The monoisotopic (exact) mass is 490 g/mol. The minimum atomic E-state index is -1.03. The Labute approximate surface area is 206 Å². The van der Waals surface area contributed by atoms with Gasteiger partial charge in [0.1, 0.15) is 22.2 Å². The van der Waals surface area contributed by atoms with Gasteiger partial charge in [0.25, 0.3) is 5.56 Å². The van der Waals surface area contributed by atoms with E-state index in [1.807, 2.05) is 6.92 Å². The number of nitrogen functional groups attached to an aromatic ring is 1. The van der Waals surface area contributed by atoms with Crippen molar-refractivity contribution in [3.8, 4) is 28.8 Å². The highest BCUT2D eigenvalue weighted by atomic mass is 35.5. The van der Waals surface area contributed by atoms with E-state index < -0.39 is 5.60 Å². The van der Waals surface area contributed by atoms with Gasteiger partial charge in [0.15, 0.2) is 5.82 Å². The topological polar surface area (TPSA) is 149 Å². The Kier molecular flexibility index (Phi) is 6.39. The Bertz CT molecular complexity index is 1510. The van der Waals surface area contributed by atoms with E-state index in [0.29, 0.717) is 28.2 Å². The van der Waals surface area contributed by atoms with Gasteiger partial charge in [-0.25, -0.2) is 14.6 Å². The summed E-state index contributed by atoms with van der Waals surface area (Å²) < 4.78 is 2.95. The van der Waals surface area contributed by atoms with Crippen molar-refractivity contribution < 1.29 is 5.11 Å². The van der Waals surface area contributed by atoms with Gasteiger partial charge in [-0.05, 0) is 38.5 Å². The molecule has 0 aliphatic carbocycles. The summed E-state index contributed by atoms with van der Waals surface area (Å²) in [5.74, 6) is 0.379. The average Bonchev–Trinajstić information content (AvgIpc) is 3.26. The van der Waals surface area contributed by atoms with Crippen molar-refractivity contribution in [3.05, 3.63) is 74.8 Å². The third kappa shape index (κ3) is 5.06. The first-order chi connectivity index (χ1) is 16.6. The second-order valence-corrected chi connectivity index (χ2v) is 9.14. The van der Waals surface area contributed by atoms with Crippen LogP contribution < -0.4 is 11.3 Å². The summed E-state index contributed by atoms with van der Waals surface area (Å²) in [4.78, 5) is 21.7. The molecule has 3 aromatic heterocycles. The highest BCUT2D eigenvalue weighted by Crippen LogP contribution is 2.32. The van der Waals surface area contributed by atoms with Crippen LogP contribution in [0.25, 0.3) is 22.8 Å². The number of nitrogens with two attached hydrogens (primary N) is 1. The Morgan fingerprint density at radius 3 is 2.71 bits per heavy atom. The minimum Gasteiger partial charge on any atom is -0.389 e. The maximum absolute atomic E-state index is 12.8. The molecule has 0 aliphatic heterocycles. The molecule has 4 rings (SSSR count). The van der Waals surface area contributed by atoms with Crippen LogP contribution in [-0.4, -0.2) is 40.2 Å². The Morgan fingerprint density at radius 2 is 2.00 bits per heavy atom. The second-order valence-electron chi connectivity index (χ2n) is 8.77. The molecule has 0 amide bonds. The summed E-state index contributed by atoms with van der Waals surface area (Å²) in [5.41, 5.74) is 7.80. The van der Waals surface area contributed by atoms with Gasteiger partial charge in [-0.1, -0.05) is 35.0 Å². The standard InChI is InChI=1S/C24H23ClN8O2/c1-14-15(10-26)6-4-8-17(14)22-28-20(19(25)21(27)29-22)18-12-33(31-30-18)11-16-7-5-9-32(23(16)34)13-24(2,3)35/h4-9,12,35H,11,13H2,1-3H3,(H2,27,28,29).